The summed E-state index contributed by atoms with van der Waals surface area (Å²) in [5.41, 5.74) is -0.141. The normalized spacial score (nSPS) is 28.3. The van der Waals surface area contributed by atoms with Crippen LogP contribution in [0.1, 0.15) is 20.8 Å². The van der Waals surface area contributed by atoms with E-state index in [4.69, 9.17) is 14.6 Å². The van der Waals surface area contributed by atoms with Crippen LogP contribution >= 0.6 is 0 Å². The minimum Gasteiger partial charge on any atom is -0.394 e. The third kappa shape index (κ3) is 3.92. The highest BCUT2D eigenvalue weighted by atomic mass is 16.6. The first-order valence-corrected chi connectivity index (χ1v) is 5.14. The average molecular weight is 203 g/mol. The second-order valence-electron chi connectivity index (χ2n) is 4.56. The van der Waals surface area contributed by atoms with Gasteiger partial charge in [0.05, 0.1) is 31.0 Å². The Labute approximate surface area is 85.6 Å². The fraction of sp³-hybridized carbons (Fsp3) is 1.00. The summed E-state index contributed by atoms with van der Waals surface area (Å²) in [5, 5.41) is 11.9. The number of aliphatic hydroxyl groups excluding tert-OH is 1. The van der Waals surface area contributed by atoms with Crippen molar-refractivity contribution in [3.05, 3.63) is 0 Å². The van der Waals surface area contributed by atoms with E-state index in [0.717, 1.165) is 13.1 Å². The van der Waals surface area contributed by atoms with Crippen LogP contribution in [0.4, 0.5) is 0 Å². The van der Waals surface area contributed by atoms with Gasteiger partial charge in [0.1, 0.15) is 0 Å². The number of aliphatic hydroxyl groups is 1. The number of ether oxygens (including phenoxy) is 2. The van der Waals surface area contributed by atoms with Crippen molar-refractivity contribution in [2.75, 3.05) is 26.3 Å². The summed E-state index contributed by atoms with van der Waals surface area (Å²) in [6.45, 7) is 8.19. The topological polar surface area (TPSA) is 50.7 Å². The Hall–Kier alpha value is -0.160. The minimum absolute atomic E-state index is 0.0682. The monoisotopic (exact) mass is 203 g/mol. The van der Waals surface area contributed by atoms with Crippen molar-refractivity contribution in [2.24, 2.45) is 0 Å². The van der Waals surface area contributed by atoms with Crippen LogP contribution < -0.4 is 5.32 Å². The molecule has 2 N–H and O–H groups in total. The van der Waals surface area contributed by atoms with E-state index in [-0.39, 0.29) is 24.4 Å². The summed E-state index contributed by atoms with van der Waals surface area (Å²) < 4.78 is 11.3. The molecule has 4 nitrogen and oxygen atoms in total. The average Bonchev–Trinajstić information content (AvgIpc) is 2.45. The molecule has 0 radical (unpaired) electrons. The number of nitrogens with one attached hydrogen (secondary N) is 1. The lowest BCUT2D eigenvalue weighted by Gasteiger charge is -2.28. The second kappa shape index (κ2) is 5.07. The Morgan fingerprint density at radius 3 is 2.50 bits per heavy atom. The number of hydrogen-bond acceptors (Lipinski definition) is 4. The van der Waals surface area contributed by atoms with Crippen molar-refractivity contribution in [2.45, 2.75) is 38.6 Å². The third-order valence-electron chi connectivity index (χ3n) is 2.03. The van der Waals surface area contributed by atoms with Gasteiger partial charge < -0.3 is 19.9 Å². The van der Waals surface area contributed by atoms with Gasteiger partial charge in [0, 0.05) is 13.1 Å². The molecule has 0 saturated carbocycles. The van der Waals surface area contributed by atoms with E-state index in [1.54, 1.807) is 0 Å². The first kappa shape index (κ1) is 11.9. The van der Waals surface area contributed by atoms with Crippen LogP contribution in [-0.4, -0.2) is 49.2 Å². The molecule has 14 heavy (non-hydrogen) atoms. The zero-order valence-electron chi connectivity index (χ0n) is 9.25. The van der Waals surface area contributed by atoms with Crippen molar-refractivity contribution >= 4 is 0 Å². The molecule has 2 atom stereocenters. The number of rotatable bonds is 4. The largest absolute Gasteiger partial charge is 0.394 e. The van der Waals surface area contributed by atoms with Crippen LogP contribution in [-0.2, 0) is 9.47 Å². The van der Waals surface area contributed by atoms with Crippen molar-refractivity contribution < 1.29 is 14.6 Å². The fourth-order valence-electron chi connectivity index (χ4n) is 1.57. The van der Waals surface area contributed by atoms with Gasteiger partial charge in [0.25, 0.3) is 0 Å². The van der Waals surface area contributed by atoms with Crippen LogP contribution in [0.3, 0.4) is 0 Å². The lowest BCUT2D eigenvalue weighted by Crippen LogP contribution is -2.37. The molecule has 0 aliphatic carbocycles. The molecular weight excluding hydrogens is 182 g/mol. The van der Waals surface area contributed by atoms with Crippen LogP contribution in [0.5, 0.6) is 0 Å². The summed E-state index contributed by atoms with van der Waals surface area (Å²) in [7, 11) is 0. The molecule has 1 unspecified atom stereocenters. The predicted molar refractivity (Wildman–Crippen MR) is 54.3 cm³/mol. The maximum absolute atomic E-state index is 8.66. The van der Waals surface area contributed by atoms with E-state index < -0.39 is 0 Å². The second-order valence-corrected chi connectivity index (χ2v) is 4.56. The molecule has 0 aromatic rings. The minimum atomic E-state index is -0.141. The Bertz CT molecular complexity index is 167. The van der Waals surface area contributed by atoms with Crippen LogP contribution in [0.25, 0.3) is 0 Å². The smallest absolute Gasteiger partial charge is 0.0980 e. The molecule has 1 heterocycles. The van der Waals surface area contributed by atoms with Crippen molar-refractivity contribution in [3.63, 3.8) is 0 Å². The Morgan fingerprint density at radius 1 is 1.29 bits per heavy atom. The zero-order chi connectivity index (χ0) is 10.6. The van der Waals surface area contributed by atoms with Gasteiger partial charge in [-0.1, -0.05) is 0 Å². The molecule has 0 aromatic heterocycles. The summed E-state index contributed by atoms with van der Waals surface area (Å²) in [5.74, 6) is 0. The van der Waals surface area contributed by atoms with E-state index in [1.165, 1.54) is 0 Å². The van der Waals surface area contributed by atoms with Gasteiger partial charge in [-0.3, -0.25) is 0 Å². The lowest BCUT2D eigenvalue weighted by atomic mass is 10.1. The SMILES string of the molecule is CC(C)(C)O[C@H]1CNCC1OCCO. The highest BCUT2D eigenvalue weighted by molar-refractivity contribution is 4.84. The molecule has 0 aromatic carbocycles. The summed E-state index contributed by atoms with van der Waals surface area (Å²) in [6, 6.07) is 0. The first-order valence-electron chi connectivity index (χ1n) is 5.14. The van der Waals surface area contributed by atoms with E-state index >= 15 is 0 Å². The summed E-state index contributed by atoms with van der Waals surface area (Å²) in [6.07, 6.45) is 0.169. The van der Waals surface area contributed by atoms with Crippen LogP contribution in [0.15, 0.2) is 0 Å². The van der Waals surface area contributed by atoms with Gasteiger partial charge in [-0.15, -0.1) is 0 Å². The van der Waals surface area contributed by atoms with Gasteiger partial charge in [0.2, 0.25) is 0 Å². The van der Waals surface area contributed by atoms with Gasteiger partial charge in [-0.05, 0) is 20.8 Å². The first-order chi connectivity index (χ1) is 6.53. The molecule has 0 bridgehead atoms. The molecule has 1 aliphatic rings. The molecule has 0 spiro atoms. The molecule has 1 aliphatic heterocycles. The van der Waals surface area contributed by atoms with E-state index in [9.17, 15) is 0 Å². The van der Waals surface area contributed by atoms with Gasteiger partial charge in [0.15, 0.2) is 0 Å². The predicted octanol–water partition coefficient (Wildman–Crippen LogP) is 0.151. The van der Waals surface area contributed by atoms with E-state index in [2.05, 4.69) is 5.32 Å². The highest BCUT2D eigenvalue weighted by Crippen LogP contribution is 2.17. The Balaban J connectivity index is 2.35. The van der Waals surface area contributed by atoms with Gasteiger partial charge in [-0.2, -0.15) is 0 Å². The van der Waals surface area contributed by atoms with Crippen molar-refractivity contribution in [1.29, 1.82) is 0 Å². The van der Waals surface area contributed by atoms with Crippen molar-refractivity contribution in [1.82, 2.24) is 5.32 Å². The number of hydrogen-bond donors (Lipinski definition) is 2. The molecule has 84 valence electrons. The quantitative estimate of drug-likeness (QED) is 0.683. The maximum Gasteiger partial charge on any atom is 0.0980 e. The summed E-state index contributed by atoms with van der Waals surface area (Å²) in [4.78, 5) is 0. The standard InChI is InChI=1S/C10H21NO3/c1-10(2,3)14-9-7-11-6-8(9)13-5-4-12/h8-9,11-12H,4-7H2,1-3H3/t8?,9-/m0/s1. The Kier molecular flexibility index (Phi) is 4.31. The van der Waals surface area contributed by atoms with Crippen molar-refractivity contribution in [3.8, 4) is 0 Å². The van der Waals surface area contributed by atoms with Gasteiger partial charge in [-0.25, -0.2) is 0 Å². The fourth-order valence-corrected chi connectivity index (χ4v) is 1.57. The Morgan fingerprint density at radius 2 is 1.93 bits per heavy atom. The van der Waals surface area contributed by atoms with Crippen LogP contribution in [0, 0.1) is 0 Å². The molecule has 0 amide bonds. The summed E-state index contributed by atoms with van der Waals surface area (Å²) >= 11 is 0. The molecular formula is C10H21NO3. The molecule has 4 heteroatoms. The van der Waals surface area contributed by atoms with E-state index in [0.29, 0.717) is 6.61 Å². The third-order valence-corrected chi connectivity index (χ3v) is 2.03. The van der Waals surface area contributed by atoms with Crippen LogP contribution in [0.2, 0.25) is 0 Å². The van der Waals surface area contributed by atoms with Gasteiger partial charge >= 0.3 is 0 Å². The zero-order valence-corrected chi connectivity index (χ0v) is 9.25. The highest BCUT2D eigenvalue weighted by Gasteiger charge is 2.31. The lowest BCUT2D eigenvalue weighted by molar-refractivity contribution is -0.111. The molecule has 1 fully saturated rings. The molecule has 1 saturated heterocycles. The molecule has 1 rings (SSSR count). The van der Waals surface area contributed by atoms with E-state index in [1.807, 2.05) is 20.8 Å². The maximum atomic E-state index is 8.66.